The minimum atomic E-state index is -0.953. The number of halogens is 1. The fourth-order valence-electron chi connectivity index (χ4n) is 2.59. The van der Waals surface area contributed by atoms with Crippen molar-refractivity contribution >= 4 is 33.5 Å². The maximum absolute atomic E-state index is 10.9. The Balaban J connectivity index is 1.72. The van der Waals surface area contributed by atoms with Gasteiger partial charge in [0.1, 0.15) is 12.4 Å². The quantitative estimate of drug-likeness (QED) is 0.394. The lowest BCUT2D eigenvalue weighted by atomic mass is 10.0. The van der Waals surface area contributed by atoms with Gasteiger partial charge in [-0.3, -0.25) is 0 Å². The van der Waals surface area contributed by atoms with Crippen LogP contribution in [0.25, 0.3) is 11.6 Å². The standard InChI is InChI=1S/C23H16BrNO3/c24-21-13-17(12-20(14-25)18-4-2-1-3-5-18)8-11-22(21)28-15-16-6-9-19(10-7-16)23(26)27/h1-13H,15H2,(H,26,27)/b20-12-. The van der Waals surface area contributed by atoms with Gasteiger partial charge in [-0.25, -0.2) is 4.79 Å². The van der Waals surface area contributed by atoms with Crippen molar-refractivity contribution < 1.29 is 14.6 Å². The van der Waals surface area contributed by atoms with Gasteiger partial charge < -0.3 is 9.84 Å². The Bertz CT molecular complexity index is 1050. The largest absolute Gasteiger partial charge is 0.488 e. The van der Waals surface area contributed by atoms with Crippen LogP contribution in [-0.4, -0.2) is 11.1 Å². The van der Waals surface area contributed by atoms with Crippen molar-refractivity contribution in [1.29, 1.82) is 5.26 Å². The first-order chi connectivity index (χ1) is 13.6. The van der Waals surface area contributed by atoms with Crippen molar-refractivity contribution in [2.24, 2.45) is 0 Å². The van der Waals surface area contributed by atoms with E-state index in [1.165, 1.54) is 0 Å². The molecule has 0 aromatic heterocycles. The summed E-state index contributed by atoms with van der Waals surface area (Å²) in [5, 5.41) is 18.4. The molecular formula is C23H16BrNO3. The summed E-state index contributed by atoms with van der Waals surface area (Å²) in [7, 11) is 0. The molecule has 138 valence electrons. The third-order valence-corrected chi connectivity index (χ3v) is 4.69. The minimum absolute atomic E-state index is 0.243. The lowest BCUT2D eigenvalue weighted by molar-refractivity contribution is 0.0697. The van der Waals surface area contributed by atoms with E-state index in [-0.39, 0.29) is 5.56 Å². The van der Waals surface area contributed by atoms with E-state index in [0.717, 1.165) is 21.2 Å². The SMILES string of the molecule is N#C/C(=C/c1ccc(OCc2ccc(C(=O)O)cc2)c(Br)c1)c1ccccc1. The number of allylic oxidation sites excluding steroid dienone is 1. The van der Waals surface area contributed by atoms with E-state index >= 15 is 0 Å². The van der Waals surface area contributed by atoms with Gasteiger partial charge in [0, 0.05) is 0 Å². The van der Waals surface area contributed by atoms with Gasteiger partial charge in [-0.05, 0) is 63.0 Å². The second-order valence-electron chi connectivity index (χ2n) is 6.02. The second-order valence-corrected chi connectivity index (χ2v) is 6.87. The zero-order valence-electron chi connectivity index (χ0n) is 14.8. The van der Waals surface area contributed by atoms with E-state index in [2.05, 4.69) is 22.0 Å². The van der Waals surface area contributed by atoms with E-state index in [4.69, 9.17) is 9.84 Å². The lowest BCUT2D eigenvalue weighted by Gasteiger charge is -2.09. The number of ether oxygens (including phenoxy) is 1. The highest BCUT2D eigenvalue weighted by atomic mass is 79.9. The molecule has 0 fully saturated rings. The molecule has 3 rings (SSSR count). The zero-order valence-corrected chi connectivity index (χ0v) is 16.4. The number of hydrogen-bond acceptors (Lipinski definition) is 3. The van der Waals surface area contributed by atoms with Crippen LogP contribution >= 0.6 is 15.9 Å². The molecule has 1 N–H and O–H groups in total. The van der Waals surface area contributed by atoms with E-state index in [1.807, 2.05) is 54.6 Å². The third kappa shape index (κ3) is 4.87. The summed E-state index contributed by atoms with van der Waals surface area (Å²) in [6, 6.07) is 23.9. The monoisotopic (exact) mass is 433 g/mol. The fraction of sp³-hybridized carbons (Fsp3) is 0.0435. The van der Waals surface area contributed by atoms with Crippen LogP contribution in [0, 0.1) is 11.3 Å². The van der Waals surface area contributed by atoms with E-state index in [0.29, 0.717) is 17.9 Å². The number of nitrogens with zero attached hydrogens (tertiary/aromatic N) is 1. The maximum Gasteiger partial charge on any atom is 0.335 e. The van der Waals surface area contributed by atoms with Crippen LogP contribution in [0.3, 0.4) is 0 Å². The lowest BCUT2D eigenvalue weighted by Crippen LogP contribution is -1.99. The number of hydrogen-bond donors (Lipinski definition) is 1. The van der Waals surface area contributed by atoms with Gasteiger partial charge >= 0.3 is 5.97 Å². The highest BCUT2D eigenvalue weighted by Gasteiger charge is 2.06. The molecule has 0 atom stereocenters. The van der Waals surface area contributed by atoms with Gasteiger partial charge in [0.25, 0.3) is 0 Å². The molecular weight excluding hydrogens is 418 g/mol. The first kappa shape index (κ1) is 19.4. The third-order valence-electron chi connectivity index (χ3n) is 4.07. The average Bonchev–Trinajstić information content (AvgIpc) is 2.72. The van der Waals surface area contributed by atoms with Crippen LogP contribution in [-0.2, 0) is 6.61 Å². The Morgan fingerprint density at radius 3 is 2.36 bits per heavy atom. The second kappa shape index (κ2) is 9.03. The molecule has 4 nitrogen and oxygen atoms in total. The molecule has 0 aliphatic rings. The molecule has 0 heterocycles. The number of aromatic carboxylic acids is 1. The molecule has 0 radical (unpaired) electrons. The predicted octanol–water partition coefficient (Wildman–Crippen LogP) is 5.79. The molecule has 0 amide bonds. The van der Waals surface area contributed by atoms with Crippen molar-refractivity contribution in [2.45, 2.75) is 6.61 Å². The number of nitriles is 1. The summed E-state index contributed by atoms with van der Waals surface area (Å²) >= 11 is 3.50. The van der Waals surface area contributed by atoms with Crippen LogP contribution in [0.15, 0.2) is 77.3 Å². The van der Waals surface area contributed by atoms with Gasteiger partial charge in [-0.1, -0.05) is 48.5 Å². The number of carboxylic acids is 1. The van der Waals surface area contributed by atoms with Crippen molar-refractivity contribution in [1.82, 2.24) is 0 Å². The van der Waals surface area contributed by atoms with Gasteiger partial charge in [0.15, 0.2) is 0 Å². The van der Waals surface area contributed by atoms with E-state index < -0.39 is 5.97 Å². The molecule has 0 spiro atoms. The topological polar surface area (TPSA) is 70.3 Å². The normalized spacial score (nSPS) is 10.9. The Morgan fingerprint density at radius 1 is 1.04 bits per heavy atom. The number of benzene rings is 3. The molecule has 0 saturated carbocycles. The van der Waals surface area contributed by atoms with Crippen LogP contribution < -0.4 is 4.74 Å². The Morgan fingerprint density at radius 2 is 1.75 bits per heavy atom. The van der Waals surface area contributed by atoms with E-state index in [1.54, 1.807) is 24.3 Å². The summed E-state index contributed by atoms with van der Waals surface area (Å²) in [5.74, 6) is -0.288. The molecule has 0 aliphatic heterocycles. The van der Waals surface area contributed by atoms with Crippen molar-refractivity contribution in [3.8, 4) is 11.8 Å². The maximum atomic E-state index is 10.9. The Labute approximate surface area is 171 Å². The molecule has 5 heteroatoms. The van der Waals surface area contributed by atoms with Crippen LogP contribution in [0.5, 0.6) is 5.75 Å². The smallest absolute Gasteiger partial charge is 0.335 e. The first-order valence-electron chi connectivity index (χ1n) is 8.48. The highest BCUT2D eigenvalue weighted by molar-refractivity contribution is 9.10. The van der Waals surface area contributed by atoms with Crippen LogP contribution in [0.1, 0.15) is 27.0 Å². The summed E-state index contributed by atoms with van der Waals surface area (Å²) in [6.45, 7) is 0.321. The fourth-order valence-corrected chi connectivity index (χ4v) is 3.10. The highest BCUT2D eigenvalue weighted by Crippen LogP contribution is 2.28. The van der Waals surface area contributed by atoms with Crippen molar-refractivity contribution in [2.75, 3.05) is 0 Å². The summed E-state index contributed by atoms with van der Waals surface area (Å²) in [5.41, 5.74) is 3.45. The van der Waals surface area contributed by atoms with Crippen molar-refractivity contribution in [3.63, 3.8) is 0 Å². The number of carbonyl (C=O) groups is 1. The molecule has 0 aliphatic carbocycles. The average molecular weight is 434 g/mol. The molecule has 0 unspecified atom stereocenters. The Hall–Kier alpha value is -3.36. The summed E-state index contributed by atoms with van der Waals surface area (Å²) in [6.07, 6.45) is 1.83. The van der Waals surface area contributed by atoms with Crippen molar-refractivity contribution in [3.05, 3.63) is 99.5 Å². The van der Waals surface area contributed by atoms with Gasteiger partial charge in [-0.2, -0.15) is 5.26 Å². The molecule has 0 bridgehead atoms. The zero-order chi connectivity index (χ0) is 19.9. The number of carboxylic acid groups (broad SMARTS) is 1. The van der Waals surface area contributed by atoms with Crippen LogP contribution in [0.2, 0.25) is 0 Å². The summed E-state index contributed by atoms with van der Waals surface area (Å²) in [4.78, 5) is 10.9. The molecule has 3 aromatic rings. The van der Waals surface area contributed by atoms with Gasteiger partial charge in [0.2, 0.25) is 0 Å². The molecule has 3 aromatic carbocycles. The Kier molecular flexibility index (Phi) is 6.25. The van der Waals surface area contributed by atoms with Gasteiger partial charge in [-0.15, -0.1) is 0 Å². The molecule has 28 heavy (non-hydrogen) atoms. The first-order valence-corrected chi connectivity index (χ1v) is 9.28. The molecule has 0 saturated heterocycles. The van der Waals surface area contributed by atoms with E-state index in [9.17, 15) is 10.1 Å². The predicted molar refractivity (Wildman–Crippen MR) is 112 cm³/mol. The minimum Gasteiger partial charge on any atom is -0.488 e. The number of rotatable bonds is 6. The van der Waals surface area contributed by atoms with Crippen LogP contribution in [0.4, 0.5) is 0 Å². The summed E-state index contributed by atoms with van der Waals surface area (Å²) < 4.78 is 6.59. The van der Waals surface area contributed by atoms with Gasteiger partial charge in [0.05, 0.1) is 21.7 Å².